The van der Waals surface area contributed by atoms with E-state index < -0.39 is 5.97 Å². The second kappa shape index (κ2) is 4.58. The molecule has 0 spiro atoms. The monoisotopic (exact) mass is 276 g/mol. The number of aromatic nitrogens is 1. The molecule has 0 saturated heterocycles. The van der Waals surface area contributed by atoms with Gasteiger partial charge in [0.05, 0.1) is 5.02 Å². The summed E-state index contributed by atoms with van der Waals surface area (Å²) in [6.45, 7) is -0.308. The number of carbonyl (C=O) groups is 2. The van der Waals surface area contributed by atoms with Gasteiger partial charge in [0, 0.05) is 6.04 Å². The molecule has 7 heteroatoms. The molecule has 0 atom stereocenters. The second-order valence-electron chi connectivity index (χ2n) is 3.90. The molecule has 0 radical (unpaired) electrons. The molecule has 0 bridgehead atoms. The lowest BCUT2D eigenvalue weighted by atomic mass is 10.3. The summed E-state index contributed by atoms with van der Waals surface area (Å²) in [6.07, 6.45) is 1.67. The first kappa shape index (κ1) is 12.3. The Morgan fingerprint density at radius 2 is 2.12 bits per heavy atom. The van der Waals surface area contributed by atoms with Crippen LogP contribution in [0.4, 0.5) is 0 Å². The molecule has 1 heterocycles. The second-order valence-corrected chi connectivity index (χ2v) is 4.69. The third-order valence-corrected chi connectivity index (χ3v) is 3.20. The summed E-state index contributed by atoms with van der Waals surface area (Å²) in [5.41, 5.74) is 0.216. The van der Waals surface area contributed by atoms with E-state index in [0.29, 0.717) is 0 Å². The van der Waals surface area contributed by atoms with E-state index in [4.69, 9.17) is 28.3 Å². The predicted molar refractivity (Wildman–Crippen MR) is 62.5 cm³/mol. The van der Waals surface area contributed by atoms with Gasteiger partial charge in [-0.15, -0.1) is 0 Å². The number of carbonyl (C=O) groups excluding carboxylic acids is 1. The Balaban J connectivity index is 2.18. The fraction of sp³-hybridized carbons (Fsp3) is 0.400. The van der Waals surface area contributed by atoms with E-state index in [1.54, 1.807) is 0 Å². The number of nitrogens with one attached hydrogen (secondary N) is 1. The van der Waals surface area contributed by atoms with Gasteiger partial charge in [-0.05, 0) is 18.9 Å². The molecule has 0 aromatic carbocycles. The van der Waals surface area contributed by atoms with Crippen LogP contribution in [0.2, 0.25) is 10.2 Å². The SMILES string of the molecule is O=C(O)CN(C(=O)c1cc(Cl)c(Cl)[nH]1)C1CC1. The number of nitrogens with zero attached hydrogens (tertiary/aromatic N) is 1. The first-order valence-electron chi connectivity index (χ1n) is 5.06. The highest BCUT2D eigenvalue weighted by Crippen LogP contribution is 2.29. The molecule has 1 aromatic heterocycles. The molecular weight excluding hydrogens is 267 g/mol. The molecule has 17 heavy (non-hydrogen) atoms. The Kier molecular flexibility index (Phi) is 3.31. The Hall–Kier alpha value is -1.20. The van der Waals surface area contributed by atoms with E-state index >= 15 is 0 Å². The number of aliphatic carboxylic acids is 1. The topological polar surface area (TPSA) is 73.4 Å². The largest absolute Gasteiger partial charge is 0.480 e. The zero-order valence-corrected chi connectivity index (χ0v) is 10.3. The number of aromatic amines is 1. The molecule has 1 aliphatic carbocycles. The molecule has 0 aliphatic heterocycles. The van der Waals surface area contributed by atoms with Crippen molar-refractivity contribution in [3.05, 3.63) is 21.9 Å². The lowest BCUT2D eigenvalue weighted by Crippen LogP contribution is -2.37. The smallest absolute Gasteiger partial charge is 0.323 e. The van der Waals surface area contributed by atoms with E-state index in [9.17, 15) is 9.59 Å². The summed E-state index contributed by atoms with van der Waals surface area (Å²) in [7, 11) is 0. The molecule has 92 valence electrons. The van der Waals surface area contributed by atoms with Crippen LogP contribution in [-0.4, -0.2) is 39.5 Å². The van der Waals surface area contributed by atoms with Gasteiger partial charge in [-0.2, -0.15) is 0 Å². The highest BCUT2D eigenvalue weighted by Gasteiger charge is 2.35. The number of carboxylic acids is 1. The predicted octanol–water partition coefficient (Wildman–Crippen LogP) is 2.01. The van der Waals surface area contributed by atoms with Crippen molar-refractivity contribution in [1.82, 2.24) is 9.88 Å². The van der Waals surface area contributed by atoms with Crippen LogP contribution in [-0.2, 0) is 4.79 Å². The van der Waals surface area contributed by atoms with Crippen LogP contribution < -0.4 is 0 Å². The van der Waals surface area contributed by atoms with E-state index in [2.05, 4.69) is 4.98 Å². The zero-order valence-electron chi connectivity index (χ0n) is 8.74. The van der Waals surface area contributed by atoms with Gasteiger partial charge >= 0.3 is 5.97 Å². The maximum Gasteiger partial charge on any atom is 0.323 e. The molecule has 1 aromatic rings. The number of amides is 1. The molecule has 2 N–H and O–H groups in total. The summed E-state index contributed by atoms with van der Waals surface area (Å²) < 4.78 is 0. The third-order valence-electron chi connectivity index (χ3n) is 2.51. The van der Waals surface area contributed by atoms with Crippen LogP contribution in [0, 0.1) is 0 Å². The Bertz CT molecular complexity index is 449. The number of carboxylic acid groups (broad SMARTS) is 1. The molecular formula is C10H10Cl2N2O3. The molecule has 1 amide bonds. The molecule has 5 nitrogen and oxygen atoms in total. The van der Waals surface area contributed by atoms with Crippen LogP contribution in [0.3, 0.4) is 0 Å². The van der Waals surface area contributed by atoms with Gasteiger partial charge in [0.1, 0.15) is 17.4 Å². The van der Waals surface area contributed by atoms with Gasteiger partial charge in [0.2, 0.25) is 0 Å². The van der Waals surface area contributed by atoms with Crippen molar-refractivity contribution in [3.8, 4) is 0 Å². The van der Waals surface area contributed by atoms with E-state index in [1.807, 2.05) is 0 Å². The summed E-state index contributed by atoms with van der Waals surface area (Å²) in [4.78, 5) is 26.7. The minimum atomic E-state index is -1.03. The standard InChI is InChI=1S/C10H10Cl2N2O3/c11-6-3-7(13-9(6)12)10(17)14(4-8(15)16)5-1-2-5/h3,5,13H,1-2,4H2,(H,15,16). The average molecular weight is 277 g/mol. The van der Waals surface area contributed by atoms with Gasteiger partial charge in [0.15, 0.2) is 0 Å². The van der Waals surface area contributed by atoms with Crippen molar-refractivity contribution in [2.24, 2.45) is 0 Å². The number of hydrogen-bond donors (Lipinski definition) is 2. The van der Waals surface area contributed by atoms with Crippen molar-refractivity contribution in [1.29, 1.82) is 0 Å². The fourth-order valence-corrected chi connectivity index (χ4v) is 1.89. The molecule has 1 fully saturated rings. The summed E-state index contributed by atoms with van der Waals surface area (Å²) >= 11 is 11.4. The maximum absolute atomic E-state index is 12.0. The fourth-order valence-electron chi connectivity index (χ4n) is 1.57. The van der Waals surface area contributed by atoms with Crippen LogP contribution in [0.25, 0.3) is 0 Å². The van der Waals surface area contributed by atoms with Gasteiger partial charge in [-0.3, -0.25) is 9.59 Å². The number of halogens is 2. The van der Waals surface area contributed by atoms with Gasteiger partial charge < -0.3 is 15.0 Å². The summed E-state index contributed by atoms with van der Waals surface area (Å²) in [5.74, 6) is -1.42. The summed E-state index contributed by atoms with van der Waals surface area (Å²) in [5, 5.41) is 9.19. The first-order valence-corrected chi connectivity index (χ1v) is 5.81. The molecule has 0 unspecified atom stereocenters. The van der Waals surface area contributed by atoms with Crippen molar-refractivity contribution in [3.63, 3.8) is 0 Å². The minimum absolute atomic E-state index is 0.0134. The number of H-pyrrole nitrogens is 1. The van der Waals surface area contributed by atoms with Gasteiger partial charge in [-0.25, -0.2) is 0 Å². The van der Waals surface area contributed by atoms with Gasteiger partial charge in [-0.1, -0.05) is 23.2 Å². The number of rotatable bonds is 4. The lowest BCUT2D eigenvalue weighted by molar-refractivity contribution is -0.137. The Morgan fingerprint density at radius 1 is 1.47 bits per heavy atom. The van der Waals surface area contributed by atoms with Crippen molar-refractivity contribution in [2.45, 2.75) is 18.9 Å². The molecule has 1 saturated carbocycles. The molecule has 1 aliphatic rings. The van der Waals surface area contributed by atoms with E-state index in [1.165, 1.54) is 11.0 Å². The summed E-state index contributed by atoms with van der Waals surface area (Å²) in [6, 6.07) is 1.42. The van der Waals surface area contributed by atoms with Crippen molar-refractivity contribution >= 4 is 35.1 Å². The van der Waals surface area contributed by atoms with Gasteiger partial charge in [0.25, 0.3) is 5.91 Å². The van der Waals surface area contributed by atoms with E-state index in [-0.39, 0.29) is 34.4 Å². The molecule has 2 rings (SSSR count). The van der Waals surface area contributed by atoms with Crippen LogP contribution >= 0.6 is 23.2 Å². The number of hydrogen-bond acceptors (Lipinski definition) is 2. The zero-order chi connectivity index (χ0) is 12.6. The minimum Gasteiger partial charge on any atom is -0.480 e. The lowest BCUT2D eigenvalue weighted by Gasteiger charge is -2.19. The maximum atomic E-state index is 12.0. The Morgan fingerprint density at radius 3 is 2.53 bits per heavy atom. The Labute approximate surface area is 107 Å². The van der Waals surface area contributed by atoms with Crippen molar-refractivity contribution in [2.75, 3.05) is 6.54 Å². The quantitative estimate of drug-likeness (QED) is 0.884. The van der Waals surface area contributed by atoms with Crippen LogP contribution in [0.15, 0.2) is 6.07 Å². The highest BCUT2D eigenvalue weighted by atomic mass is 35.5. The average Bonchev–Trinajstić information content (AvgIpc) is 3.02. The first-order chi connectivity index (χ1) is 7.99. The van der Waals surface area contributed by atoms with Crippen molar-refractivity contribution < 1.29 is 14.7 Å². The van der Waals surface area contributed by atoms with E-state index in [0.717, 1.165) is 12.8 Å². The van der Waals surface area contributed by atoms with Crippen LogP contribution in [0.5, 0.6) is 0 Å². The normalized spacial score (nSPS) is 14.7. The third kappa shape index (κ3) is 2.73. The highest BCUT2D eigenvalue weighted by molar-refractivity contribution is 6.41. The van der Waals surface area contributed by atoms with Crippen LogP contribution in [0.1, 0.15) is 23.3 Å².